The Bertz CT molecular complexity index is 471. The van der Waals surface area contributed by atoms with Crippen molar-refractivity contribution in [3.05, 3.63) is 12.3 Å². The minimum atomic E-state index is -3.47. The van der Waals surface area contributed by atoms with Crippen LogP contribution in [0, 0.1) is 0 Å². The Kier molecular flexibility index (Phi) is 3.71. The van der Waals surface area contributed by atoms with Crippen molar-refractivity contribution in [2.75, 3.05) is 26.7 Å². The van der Waals surface area contributed by atoms with Gasteiger partial charge >= 0.3 is 0 Å². The van der Waals surface area contributed by atoms with Crippen LogP contribution in [0.1, 0.15) is 12.8 Å². The van der Waals surface area contributed by atoms with E-state index in [0.717, 1.165) is 0 Å². The van der Waals surface area contributed by atoms with Crippen molar-refractivity contribution in [2.24, 2.45) is 5.73 Å². The number of methoxy groups -OCH3 is 1. The first-order valence-corrected chi connectivity index (χ1v) is 7.23. The maximum absolute atomic E-state index is 12.2. The summed E-state index contributed by atoms with van der Waals surface area (Å²) in [5, 5.41) is 6.28. The van der Waals surface area contributed by atoms with Crippen LogP contribution in [0.4, 0.5) is 0 Å². The largest absolute Gasteiger partial charge is 0.377 e. The first kappa shape index (κ1) is 13.5. The minimum absolute atomic E-state index is 0.125. The first-order valence-electron chi connectivity index (χ1n) is 5.79. The van der Waals surface area contributed by atoms with Crippen molar-refractivity contribution in [2.45, 2.75) is 23.5 Å². The standard InChI is InChI=1S/C10H18N4O3S/c1-17-10(8-11)3-6-14(7-4-10)18(15,16)9-2-5-12-13-9/h2,5H,3-4,6-8,11H2,1H3,(H,12,13). The Morgan fingerprint density at radius 1 is 1.56 bits per heavy atom. The summed E-state index contributed by atoms with van der Waals surface area (Å²) in [6, 6.07) is 1.45. The van der Waals surface area contributed by atoms with Gasteiger partial charge < -0.3 is 10.5 Å². The molecule has 7 nitrogen and oxygen atoms in total. The summed E-state index contributed by atoms with van der Waals surface area (Å²) in [4.78, 5) is 0. The molecule has 1 aromatic rings. The molecule has 1 aromatic heterocycles. The van der Waals surface area contributed by atoms with Gasteiger partial charge in [0.1, 0.15) is 0 Å². The second kappa shape index (κ2) is 4.96. The molecule has 18 heavy (non-hydrogen) atoms. The minimum Gasteiger partial charge on any atom is -0.377 e. The molecule has 102 valence electrons. The van der Waals surface area contributed by atoms with Gasteiger partial charge in [-0.1, -0.05) is 0 Å². The number of ether oxygens (including phenoxy) is 1. The third-order valence-electron chi connectivity index (χ3n) is 3.53. The second-order valence-corrected chi connectivity index (χ2v) is 6.32. The van der Waals surface area contributed by atoms with Gasteiger partial charge in [-0.05, 0) is 18.9 Å². The third-order valence-corrected chi connectivity index (χ3v) is 5.36. The van der Waals surface area contributed by atoms with Crippen LogP contribution in [0.5, 0.6) is 0 Å². The lowest BCUT2D eigenvalue weighted by atomic mass is 9.92. The highest BCUT2D eigenvalue weighted by atomic mass is 32.2. The van der Waals surface area contributed by atoms with Gasteiger partial charge in [0.2, 0.25) is 0 Å². The molecular weight excluding hydrogens is 256 g/mol. The lowest BCUT2D eigenvalue weighted by Crippen LogP contribution is -2.51. The molecule has 3 N–H and O–H groups in total. The summed E-state index contributed by atoms with van der Waals surface area (Å²) in [7, 11) is -1.85. The zero-order chi connectivity index (χ0) is 13.2. The predicted octanol–water partition coefficient (Wildman–Crippen LogP) is -0.462. The Labute approximate surface area is 106 Å². The zero-order valence-corrected chi connectivity index (χ0v) is 11.1. The summed E-state index contributed by atoms with van der Waals surface area (Å²) in [6.45, 7) is 1.22. The van der Waals surface area contributed by atoms with Crippen molar-refractivity contribution in [3.8, 4) is 0 Å². The van der Waals surface area contributed by atoms with Crippen LogP contribution in [0.2, 0.25) is 0 Å². The normalized spacial score (nSPS) is 21.0. The van der Waals surface area contributed by atoms with Gasteiger partial charge in [0.25, 0.3) is 10.0 Å². The molecule has 1 saturated heterocycles. The number of sulfonamides is 1. The molecule has 1 aliphatic heterocycles. The molecule has 0 saturated carbocycles. The van der Waals surface area contributed by atoms with Crippen molar-refractivity contribution < 1.29 is 13.2 Å². The highest BCUT2D eigenvalue weighted by molar-refractivity contribution is 7.89. The van der Waals surface area contributed by atoms with E-state index in [9.17, 15) is 8.42 Å². The molecule has 0 atom stereocenters. The van der Waals surface area contributed by atoms with Crippen molar-refractivity contribution in [1.82, 2.24) is 14.5 Å². The molecule has 0 spiro atoms. The lowest BCUT2D eigenvalue weighted by Gasteiger charge is -2.39. The molecule has 0 aromatic carbocycles. The average Bonchev–Trinajstić information content (AvgIpc) is 2.93. The molecule has 0 radical (unpaired) electrons. The SMILES string of the molecule is COC1(CN)CCN(S(=O)(=O)c2ccn[nH]2)CC1. The van der Waals surface area contributed by atoms with E-state index in [0.29, 0.717) is 32.5 Å². The van der Waals surface area contributed by atoms with Crippen molar-refractivity contribution in [3.63, 3.8) is 0 Å². The summed E-state index contributed by atoms with van der Waals surface area (Å²) >= 11 is 0. The number of nitrogens with two attached hydrogens (primary N) is 1. The van der Waals surface area contributed by atoms with E-state index in [1.165, 1.54) is 16.6 Å². The van der Waals surface area contributed by atoms with E-state index >= 15 is 0 Å². The van der Waals surface area contributed by atoms with Gasteiger partial charge in [-0.2, -0.15) is 9.40 Å². The lowest BCUT2D eigenvalue weighted by molar-refractivity contribution is -0.0377. The van der Waals surface area contributed by atoms with E-state index < -0.39 is 10.0 Å². The first-order chi connectivity index (χ1) is 8.54. The maximum atomic E-state index is 12.2. The van der Waals surface area contributed by atoms with Crippen LogP contribution in [-0.4, -0.2) is 55.3 Å². The summed E-state index contributed by atoms with van der Waals surface area (Å²) in [6.07, 6.45) is 2.64. The van der Waals surface area contributed by atoms with Gasteiger partial charge in [-0.3, -0.25) is 5.10 Å². The molecule has 8 heteroatoms. The predicted molar refractivity (Wildman–Crippen MR) is 65.4 cm³/mol. The fourth-order valence-corrected chi connectivity index (χ4v) is 3.49. The van der Waals surface area contributed by atoms with Crippen LogP contribution in [0.3, 0.4) is 0 Å². The van der Waals surface area contributed by atoms with E-state index in [2.05, 4.69) is 10.2 Å². The van der Waals surface area contributed by atoms with Crippen LogP contribution in [-0.2, 0) is 14.8 Å². The molecule has 2 rings (SSSR count). The zero-order valence-electron chi connectivity index (χ0n) is 10.3. The average molecular weight is 274 g/mol. The molecule has 0 amide bonds. The molecule has 0 aliphatic carbocycles. The number of piperidine rings is 1. The third kappa shape index (κ3) is 2.28. The van der Waals surface area contributed by atoms with Crippen LogP contribution in [0.15, 0.2) is 17.3 Å². The number of H-pyrrole nitrogens is 1. The molecule has 0 bridgehead atoms. The molecular formula is C10H18N4O3S. The van der Waals surface area contributed by atoms with Gasteiger partial charge in [0.15, 0.2) is 5.03 Å². The number of nitrogens with one attached hydrogen (secondary N) is 1. The Hall–Kier alpha value is -0.960. The topological polar surface area (TPSA) is 101 Å². The number of rotatable bonds is 4. The highest BCUT2D eigenvalue weighted by Gasteiger charge is 2.38. The Morgan fingerprint density at radius 2 is 2.22 bits per heavy atom. The maximum Gasteiger partial charge on any atom is 0.259 e. The summed E-state index contributed by atoms with van der Waals surface area (Å²) in [5.41, 5.74) is 5.30. The number of hydrogen-bond donors (Lipinski definition) is 2. The second-order valence-electron chi connectivity index (χ2n) is 4.42. The van der Waals surface area contributed by atoms with Gasteiger partial charge in [0.05, 0.1) is 11.8 Å². The van der Waals surface area contributed by atoms with Crippen LogP contribution < -0.4 is 5.73 Å². The summed E-state index contributed by atoms with van der Waals surface area (Å²) < 4.78 is 31.3. The number of nitrogens with zero attached hydrogens (tertiary/aromatic N) is 2. The monoisotopic (exact) mass is 274 g/mol. The van der Waals surface area contributed by atoms with Crippen molar-refractivity contribution >= 4 is 10.0 Å². The van der Waals surface area contributed by atoms with Crippen LogP contribution >= 0.6 is 0 Å². The number of hydrogen-bond acceptors (Lipinski definition) is 5. The quantitative estimate of drug-likeness (QED) is 0.773. The van der Waals surface area contributed by atoms with E-state index in [1.807, 2.05) is 0 Å². The Balaban J connectivity index is 2.11. The van der Waals surface area contributed by atoms with Gasteiger partial charge in [-0.15, -0.1) is 0 Å². The molecule has 2 heterocycles. The molecule has 0 unspecified atom stereocenters. The smallest absolute Gasteiger partial charge is 0.259 e. The fraction of sp³-hybridized carbons (Fsp3) is 0.700. The van der Waals surface area contributed by atoms with Crippen molar-refractivity contribution in [1.29, 1.82) is 0 Å². The van der Waals surface area contributed by atoms with E-state index in [4.69, 9.17) is 10.5 Å². The van der Waals surface area contributed by atoms with E-state index in [1.54, 1.807) is 7.11 Å². The van der Waals surface area contributed by atoms with E-state index in [-0.39, 0.29) is 10.6 Å². The highest BCUT2D eigenvalue weighted by Crippen LogP contribution is 2.27. The number of aromatic amines is 1. The summed E-state index contributed by atoms with van der Waals surface area (Å²) in [5.74, 6) is 0. The fourth-order valence-electron chi connectivity index (χ4n) is 2.15. The number of aromatic nitrogens is 2. The van der Waals surface area contributed by atoms with Gasteiger partial charge in [-0.25, -0.2) is 8.42 Å². The molecule has 1 aliphatic rings. The van der Waals surface area contributed by atoms with Gasteiger partial charge in [0, 0.05) is 26.7 Å². The Morgan fingerprint density at radius 3 is 2.67 bits per heavy atom. The molecule has 1 fully saturated rings. The van der Waals surface area contributed by atoms with Crippen LogP contribution in [0.25, 0.3) is 0 Å².